The zero-order valence-electron chi connectivity index (χ0n) is 15.7. The molecular formula is C19H36O5. The summed E-state index contributed by atoms with van der Waals surface area (Å²) in [5, 5.41) is 8.73. The number of unbranched alkanes of at least 4 members (excludes halogenated alkanes) is 2. The van der Waals surface area contributed by atoms with Crippen LogP contribution >= 0.6 is 0 Å². The van der Waals surface area contributed by atoms with Crippen LogP contribution in [-0.4, -0.2) is 49.7 Å². The second kappa shape index (κ2) is 16.9. The smallest absolute Gasteiger partial charge is 0.335 e. The highest BCUT2D eigenvalue weighted by atomic mass is 16.6. The molecule has 0 aliphatic carbocycles. The first-order chi connectivity index (χ1) is 11.7. The standard InChI is InChI=1S/C19H36O5/c1-4-6-11-17(3)22-14-8-9-15-23-18(12-7-5-2)19(21)24-16-10-13-20/h8-9,17-18,20H,4-7,10-16H2,1-3H3/b9-8-. The topological polar surface area (TPSA) is 65.0 Å². The lowest BCUT2D eigenvalue weighted by Crippen LogP contribution is -2.27. The van der Waals surface area contributed by atoms with E-state index in [0.717, 1.165) is 19.3 Å². The summed E-state index contributed by atoms with van der Waals surface area (Å²) < 4.78 is 16.4. The van der Waals surface area contributed by atoms with Crippen LogP contribution in [0.4, 0.5) is 0 Å². The Kier molecular flexibility index (Phi) is 16.3. The molecule has 0 aliphatic heterocycles. The van der Waals surface area contributed by atoms with E-state index in [0.29, 0.717) is 26.1 Å². The molecule has 1 N–H and O–H groups in total. The normalized spacial score (nSPS) is 14.0. The van der Waals surface area contributed by atoms with Crippen molar-refractivity contribution >= 4 is 5.97 Å². The molecule has 0 saturated heterocycles. The molecule has 0 rings (SSSR count). The maximum atomic E-state index is 12.0. The number of ether oxygens (including phenoxy) is 3. The summed E-state index contributed by atoms with van der Waals surface area (Å²) in [5.41, 5.74) is 0. The van der Waals surface area contributed by atoms with Crippen LogP contribution in [0.3, 0.4) is 0 Å². The van der Waals surface area contributed by atoms with E-state index in [-0.39, 0.29) is 25.3 Å². The van der Waals surface area contributed by atoms with Crippen LogP contribution in [0.15, 0.2) is 12.2 Å². The van der Waals surface area contributed by atoms with Crippen molar-refractivity contribution in [2.45, 2.75) is 77.9 Å². The minimum Gasteiger partial charge on any atom is -0.464 e. The van der Waals surface area contributed by atoms with E-state index in [1.54, 1.807) is 0 Å². The third kappa shape index (κ3) is 13.5. The highest BCUT2D eigenvalue weighted by molar-refractivity contribution is 5.74. The third-order valence-electron chi connectivity index (χ3n) is 3.63. The molecule has 0 aromatic carbocycles. The Balaban J connectivity index is 3.99. The predicted molar refractivity (Wildman–Crippen MR) is 96.0 cm³/mol. The maximum absolute atomic E-state index is 12.0. The van der Waals surface area contributed by atoms with Gasteiger partial charge in [-0.3, -0.25) is 0 Å². The second-order valence-electron chi connectivity index (χ2n) is 5.97. The Labute approximate surface area is 147 Å². The van der Waals surface area contributed by atoms with Gasteiger partial charge in [0.15, 0.2) is 6.10 Å². The lowest BCUT2D eigenvalue weighted by molar-refractivity contribution is -0.157. The van der Waals surface area contributed by atoms with Crippen LogP contribution in [0.25, 0.3) is 0 Å². The molecule has 2 atom stereocenters. The number of hydrogen-bond donors (Lipinski definition) is 1. The first kappa shape index (κ1) is 23.1. The van der Waals surface area contributed by atoms with Crippen molar-refractivity contribution in [2.75, 3.05) is 26.4 Å². The van der Waals surface area contributed by atoms with Crippen molar-refractivity contribution in [3.63, 3.8) is 0 Å². The van der Waals surface area contributed by atoms with E-state index in [4.69, 9.17) is 19.3 Å². The van der Waals surface area contributed by atoms with Gasteiger partial charge in [-0.2, -0.15) is 0 Å². The minimum atomic E-state index is -0.530. The van der Waals surface area contributed by atoms with Gasteiger partial charge >= 0.3 is 5.97 Å². The molecule has 0 heterocycles. The van der Waals surface area contributed by atoms with Gasteiger partial charge in [0.1, 0.15) is 0 Å². The first-order valence-electron chi connectivity index (χ1n) is 9.31. The summed E-state index contributed by atoms with van der Waals surface area (Å²) in [5.74, 6) is -0.338. The summed E-state index contributed by atoms with van der Waals surface area (Å²) >= 11 is 0. The molecule has 0 spiro atoms. The van der Waals surface area contributed by atoms with E-state index in [2.05, 4.69) is 20.8 Å². The molecule has 0 aromatic heterocycles. The number of esters is 1. The minimum absolute atomic E-state index is 0.0210. The summed E-state index contributed by atoms with van der Waals surface area (Å²) in [6, 6.07) is 0. The Morgan fingerprint density at radius 1 is 1.00 bits per heavy atom. The number of carbonyl (C=O) groups excluding carboxylic acids is 1. The third-order valence-corrected chi connectivity index (χ3v) is 3.63. The van der Waals surface area contributed by atoms with Crippen molar-refractivity contribution in [3.8, 4) is 0 Å². The number of hydrogen-bond acceptors (Lipinski definition) is 5. The molecule has 0 amide bonds. The Bertz CT molecular complexity index is 317. The van der Waals surface area contributed by atoms with E-state index >= 15 is 0 Å². The first-order valence-corrected chi connectivity index (χ1v) is 9.31. The van der Waals surface area contributed by atoms with E-state index in [1.165, 1.54) is 12.8 Å². The maximum Gasteiger partial charge on any atom is 0.335 e. The van der Waals surface area contributed by atoms with E-state index < -0.39 is 6.10 Å². The zero-order chi connectivity index (χ0) is 18.0. The van der Waals surface area contributed by atoms with Crippen molar-refractivity contribution in [1.29, 1.82) is 0 Å². The monoisotopic (exact) mass is 344 g/mol. The van der Waals surface area contributed by atoms with Crippen molar-refractivity contribution in [3.05, 3.63) is 12.2 Å². The van der Waals surface area contributed by atoms with Gasteiger partial charge in [0, 0.05) is 13.0 Å². The largest absolute Gasteiger partial charge is 0.464 e. The van der Waals surface area contributed by atoms with Crippen LogP contribution in [0.5, 0.6) is 0 Å². The fraction of sp³-hybridized carbons (Fsp3) is 0.842. The SMILES string of the molecule is CCCCC(C)OC/C=C\COC(CCCC)C(=O)OCCCO. The van der Waals surface area contributed by atoms with Crippen LogP contribution in [0.2, 0.25) is 0 Å². The molecule has 0 aromatic rings. The van der Waals surface area contributed by atoms with Crippen LogP contribution in [0, 0.1) is 0 Å². The van der Waals surface area contributed by atoms with Gasteiger partial charge in [0.2, 0.25) is 0 Å². The number of aliphatic hydroxyl groups excluding tert-OH is 1. The zero-order valence-corrected chi connectivity index (χ0v) is 15.7. The Morgan fingerprint density at radius 2 is 1.62 bits per heavy atom. The summed E-state index contributed by atoms with van der Waals surface area (Å²) in [7, 11) is 0. The van der Waals surface area contributed by atoms with Crippen molar-refractivity contribution in [2.24, 2.45) is 0 Å². The van der Waals surface area contributed by atoms with Gasteiger partial charge < -0.3 is 19.3 Å². The Morgan fingerprint density at radius 3 is 2.25 bits per heavy atom. The summed E-state index contributed by atoms with van der Waals surface area (Å²) in [6.07, 6.45) is 10.0. The molecule has 2 unspecified atom stereocenters. The summed E-state index contributed by atoms with van der Waals surface area (Å²) in [6.45, 7) is 7.53. The lowest BCUT2D eigenvalue weighted by Gasteiger charge is -2.15. The van der Waals surface area contributed by atoms with Gasteiger partial charge in [0.25, 0.3) is 0 Å². The van der Waals surface area contributed by atoms with Gasteiger partial charge in [-0.25, -0.2) is 4.79 Å². The molecule has 142 valence electrons. The molecular weight excluding hydrogens is 308 g/mol. The average molecular weight is 344 g/mol. The summed E-state index contributed by atoms with van der Waals surface area (Å²) in [4.78, 5) is 12.0. The van der Waals surface area contributed by atoms with E-state index in [9.17, 15) is 4.79 Å². The lowest BCUT2D eigenvalue weighted by atomic mass is 10.1. The van der Waals surface area contributed by atoms with Gasteiger partial charge in [-0.1, -0.05) is 51.7 Å². The van der Waals surface area contributed by atoms with Gasteiger partial charge in [-0.15, -0.1) is 0 Å². The molecule has 5 heteroatoms. The highest BCUT2D eigenvalue weighted by Crippen LogP contribution is 2.08. The molecule has 5 nitrogen and oxygen atoms in total. The molecule has 0 aliphatic rings. The molecule has 0 radical (unpaired) electrons. The second-order valence-corrected chi connectivity index (χ2v) is 5.97. The average Bonchev–Trinajstić information content (AvgIpc) is 2.58. The van der Waals surface area contributed by atoms with Crippen molar-refractivity contribution < 1.29 is 24.1 Å². The number of rotatable bonds is 16. The van der Waals surface area contributed by atoms with Crippen LogP contribution in [-0.2, 0) is 19.0 Å². The molecule has 24 heavy (non-hydrogen) atoms. The fourth-order valence-corrected chi connectivity index (χ4v) is 2.09. The quantitative estimate of drug-likeness (QED) is 0.263. The van der Waals surface area contributed by atoms with Gasteiger partial charge in [0.05, 0.1) is 25.9 Å². The number of aliphatic hydroxyl groups is 1. The van der Waals surface area contributed by atoms with Crippen molar-refractivity contribution in [1.82, 2.24) is 0 Å². The van der Waals surface area contributed by atoms with Crippen LogP contribution < -0.4 is 0 Å². The highest BCUT2D eigenvalue weighted by Gasteiger charge is 2.19. The predicted octanol–water partition coefficient (Wildman–Crippen LogP) is 3.64. The fourth-order valence-electron chi connectivity index (χ4n) is 2.09. The van der Waals surface area contributed by atoms with Gasteiger partial charge in [-0.05, 0) is 19.8 Å². The molecule has 0 bridgehead atoms. The molecule has 0 saturated carbocycles. The molecule has 0 fully saturated rings. The number of carbonyl (C=O) groups is 1. The Hall–Kier alpha value is -0.910. The van der Waals surface area contributed by atoms with Crippen LogP contribution in [0.1, 0.15) is 65.7 Å². The van der Waals surface area contributed by atoms with E-state index in [1.807, 2.05) is 12.2 Å².